The Bertz CT molecular complexity index is 593. The molecule has 0 fully saturated rings. The molecule has 0 aliphatic rings. The van der Waals surface area contributed by atoms with Crippen molar-refractivity contribution in [3.63, 3.8) is 0 Å². The van der Waals surface area contributed by atoms with Gasteiger partial charge in [-0.05, 0) is 26.2 Å². The number of nitro benzene ring substituents is 1. The van der Waals surface area contributed by atoms with E-state index in [1.807, 2.05) is 19.0 Å². The molecular weight excluding hydrogens is 244 g/mol. The molecule has 0 bridgehead atoms. The molecule has 1 aromatic heterocycles. The van der Waals surface area contributed by atoms with Crippen molar-refractivity contribution < 1.29 is 4.92 Å². The summed E-state index contributed by atoms with van der Waals surface area (Å²) < 4.78 is 0. The number of anilines is 1. The quantitative estimate of drug-likeness (QED) is 0.658. The molecule has 0 aliphatic heterocycles. The molecule has 0 unspecified atom stereocenters. The number of rotatable bonds is 5. The summed E-state index contributed by atoms with van der Waals surface area (Å²) in [5, 5.41) is 14.9. The third-order valence-electron chi connectivity index (χ3n) is 2.82. The molecule has 2 rings (SSSR count). The first-order valence-corrected chi connectivity index (χ1v) is 6.00. The third kappa shape index (κ3) is 2.97. The van der Waals surface area contributed by atoms with Crippen LogP contribution in [0, 0.1) is 10.1 Å². The smallest absolute Gasteiger partial charge is 0.280 e. The molecule has 0 atom stereocenters. The molecule has 0 amide bonds. The lowest BCUT2D eigenvalue weighted by molar-refractivity contribution is -0.383. The number of hydrogen-bond donors (Lipinski definition) is 1. The molecule has 100 valence electrons. The van der Waals surface area contributed by atoms with E-state index in [9.17, 15) is 10.1 Å². The molecular formula is C13H16N4O2. The Balaban J connectivity index is 2.40. The van der Waals surface area contributed by atoms with E-state index in [0.717, 1.165) is 18.8 Å². The van der Waals surface area contributed by atoms with Crippen molar-refractivity contribution in [1.29, 1.82) is 0 Å². The highest BCUT2D eigenvalue weighted by molar-refractivity contribution is 5.98. The zero-order chi connectivity index (χ0) is 13.8. The highest BCUT2D eigenvalue weighted by Gasteiger charge is 2.15. The fraction of sp³-hybridized carbons (Fsp3) is 0.308. The normalized spacial score (nSPS) is 10.9. The lowest BCUT2D eigenvalue weighted by Gasteiger charge is -2.12. The second-order valence-corrected chi connectivity index (χ2v) is 4.52. The number of benzene rings is 1. The van der Waals surface area contributed by atoms with Crippen molar-refractivity contribution in [1.82, 2.24) is 9.88 Å². The summed E-state index contributed by atoms with van der Waals surface area (Å²) in [5.74, 6) is 0. The molecule has 6 nitrogen and oxygen atoms in total. The number of nitrogens with zero attached hydrogens (tertiary/aromatic N) is 3. The Labute approximate surface area is 111 Å². The lowest BCUT2D eigenvalue weighted by Crippen LogP contribution is -2.20. The molecule has 6 heteroatoms. The summed E-state index contributed by atoms with van der Waals surface area (Å²) in [4.78, 5) is 16.9. The molecule has 0 aliphatic carbocycles. The summed E-state index contributed by atoms with van der Waals surface area (Å²) in [6, 6.07) is 6.70. The monoisotopic (exact) mass is 260 g/mol. The van der Waals surface area contributed by atoms with Crippen molar-refractivity contribution in [3.05, 3.63) is 40.6 Å². The van der Waals surface area contributed by atoms with Crippen molar-refractivity contribution in [3.8, 4) is 0 Å². The van der Waals surface area contributed by atoms with Crippen LogP contribution >= 0.6 is 0 Å². The number of pyridine rings is 1. The third-order valence-corrected chi connectivity index (χ3v) is 2.82. The Morgan fingerprint density at radius 3 is 2.84 bits per heavy atom. The van der Waals surface area contributed by atoms with E-state index in [2.05, 4.69) is 10.3 Å². The Morgan fingerprint density at radius 1 is 1.37 bits per heavy atom. The second-order valence-electron chi connectivity index (χ2n) is 4.52. The maximum Gasteiger partial charge on any atom is 0.280 e. The van der Waals surface area contributed by atoms with Crippen LogP contribution in [0.25, 0.3) is 10.9 Å². The molecule has 0 saturated heterocycles. The number of hydrogen-bond acceptors (Lipinski definition) is 5. The summed E-state index contributed by atoms with van der Waals surface area (Å²) in [7, 11) is 3.96. The predicted octanol–water partition coefficient (Wildman–Crippen LogP) is 2.12. The van der Waals surface area contributed by atoms with Crippen LogP contribution in [-0.4, -0.2) is 42.0 Å². The van der Waals surface area contributed by atoms with E-state index in [4.69, 9.17) is 0 Å². The predicted molar refractivity (Wildman–Crippen MR) is 75.4 cm³/mol. The van der Waals surface area contributed by atoms with Gasteiger partial charge in [0.25, 0.3) is 5.69 Å². The summed E-state index contributed by atoms with van der Waals surface area (Å²) >= 11 is 0. The SMILES string of the molecule is CN(C)CCNc1ccnc2cccc([N+](=O)[O-])c12. The first kappa shape index (κ1) is 13.2. The Morgan fingerprint density at radius 2 is 2.16 bits per heavy atom. The van der Waals surface area contributed by atoms with Gasteiger partial charge in [-0.1, -0.05) is 6.07 Å². The zero-order valence-corrected chi connectivity index (χ0v) is 11.0. The Hall–Kier alpha value is -2.21. The van der Waals surface area contributed by atoms with Gasteiger partial charge < -0.3 is 10.2 Å². The van der Waals surface area contributed by atoms with Gasteiger partial charge >= 0.3 is 0 Å². The molecule has 0 radical (unpaired) electrons. The van der Waals surface area contributed by atoms with Crippen molar-refractivity contribution in [2.45, 2.75) is 0 Å². The van der Waals surface area contributed by atoms with E-state index < -0.39 is 0 Å². The van der Waals surface area contributed by atoms with E-state index in [1.165, 1.54) is 6.07 Å². The number of nitro groups is 1. The number of non-ortho nitro benzene ring substituents is 1. The van der Waals surface area contributed by atoms with Crippen molar-refractivity contribution in [2.75, 3.05) is 32.5 Å². The largest absolute Gasteiger partial charge is 0.383 e. The van der Waals surface area contributed by atoms with Crippen LogP contribution in [0.5, 0.6) is 0 Å². The van der Waals surface area contributed by atoms with Gasteiger partial charge in [0, 0.05) is 25.4 Å². The van der Waals surface area contributed by atoms with Gasteiger partial charge in [-0.2, -0.15) is 0 Å². The maximum absolute atomic E-state index is 11.1. The van der Waals surface area contributed by atoms with Gasteiger partial charge in [-0.25, -0.2) is 0 Å². The minimum absolute atomic E-state index is 0.0814. The zero-order valence-electron chi connectivity index (χ0n) is 11.0. The fourth-order valence-corrected chi connectivity index (χ4v) is 1.90. The molecule has 0 spiro atoms. The van der Waals surface area contributed by atoms with Gasteiger partial charge in [0.1, 0.15) is 5.39 Å². The molecule has 1 heterocycles. The van der Waals surface area contributed by atoms with Crippen LogP contribution < -0.4 is 5.32 Å². The van der Waals surface area contributed by atoms with E-state index in [1.54, 1.807) is 24.4 Å². The first-order valence-electron chi connectivity index (χ1n) is 6.00. The van der Waals surface area contributed by atoms with Crippen molar-refractivity contribution in [2.24, 2.45) is 0 Å². The van der Waals surface area contributed by atoms with Crippen LogP contribution in [0.3, 0.4) is 0 Å². The molecule has 0 saturated carbocycles. The highest BCUT2D eigenvalue weighted by Crippen LogP contribution is 2.30. The average molecular weight is 260 g/mol. The van der Waals surface area contributed by atoms with Crippen LogP contribution in [0.2, 0.25) is 0 Å². The number of aromatic nitrogens is 1. The first-order chi connectivity index (χ1) is 9.09. The number of nitrogens with one attached hydrogen (secondary N) is 1. The van der Waals surface area contributed by atoms with Gasteiger partial charge in [-0.15, -0.1) is 0 Å². The van der Waals surface area contributed by atoms with E-state index in [0.29, 0.717) is 10.9 Å². The van der Waals surface area contributed by atoms with Crippen LogP contribution in [0.4, 0.5) is 11.4 Å². The summed E-state index contributed by atoms with van der Waals surface area (Å²) in [6.07, 6.45) is 1.66. The fourth-order valence-electron chi connectivity index (χ4n) is 1.90. The van der Waals surface area contributed by atoms with Gasteiger partial charge in [0.15, 0.2) is 0 Å². The number of fused-ring (bicyclic) bond motifs is 1. The second kappa shape index (κ2) is 5.62. The van der Waals surface area contributed by atoms with Crippen LogP contribution in [0.1, 0.15) is 0 Å². The van der Waals surface area contributed by atoms with Crippen molar-refractivity contribution >= 4 is 22.3 Å². The standard InChI is InChI=1S/C13H16N4O2/c1-16(2)9-8-15-11-6-7-14-10-4-3-5-12(13(10)11)17(18)19/h3-7H,8-9H2,1-2H3,(H,14,15). The van der Waals surface area contributed by atoms with Gasteiger partial charge in [0.05, 0.1) is 16.1 Å². The minimum atomic E-state index is -0.374. The highest BCUT2D eigenvalue weighted by atomic mass is 16.6. The summed E-state index contributed by atoms with van der Waals surface area (Å²) in [6.45, 7) is 1.57. The minimum Gasteiger partial charge on any atom is -0.383 e. The maximum atomic E-state index is 11.1. The lowest BCUT2D eigenvalue weighted by atomic mass is 10.1. The molecule has 19 heavy (non-hydrogen) atoms. The van der Waals surface area contributed by atoms with E-state index in [-0.39, 0.29) is 10.6 Å². The summed E-state index contributed by atoms with van der Waals surface area (Å²) in [5.41, 5.74) is 1.46. The van der Waals surface area contributed by atoms with E-state index >= 15 is 0 Å². The number of likely N-dealkylation sites (N-methyl/N-ethyl adjacent to an activating group) is 1. The topological polar surface area (TPSA) is 71.3 Å². The van der Waals surface area contributed by atoms with Gasteiger partial charge in [0.2, 0.25) is 0 Å². The average Bonchev–Trinajstić information content (AvgIpc) is 2.37. The van der Waals surface area contributed by atoms with Gasteiger partial charge in [-0.3, -0.25) is 15.1 Å². The Kier molecular flexibility index (Phi) is 3.91. The molecule has 2 aromatic rings. The molecule has 1 N–H and O–H groups in total. The van der Waals surface area contributed by atoms with Crippen LogP contribution in [0.15, 0.2) is 30.5 Å². The van der Waals surface area contributed by atoms with Crippen LogP contribution in [-0.2, 0) is 0 Å². The molecule has 1 aromatic carbocycles.